The quantitative estimate of drug-likeness (QED) is 0.0951. The van der Waals surface area contributed by atoms with Crippen LogP contribution < -0.4 is 10.4 Å². The van der Waals surface area contributed by atoms with Crippen LogP contribution in [0.3, 0.4) is 0 Å². The number of carbonyl (C=O) groups is 2. The van der Waals surface area contributed by atoms with Crippen LogP contribution >= 0.6 is 0 Å². The van der Waals surface area contributed by atoms with E-state index in [0.29, 0.717) is 17.5 Å². The third-order valence-electron chi connectivity index (χ3n) is 6.27. The Morgan fingerprint density at radius 2 is 0.947 bits per heavy atom. The molecule has 0 aliphatic rings. The van der Waals surface area contributed by atoms with Gasteiger partial charge in [0.05, 0.1) is 27.3 Å². The molecule has 2 aromatic carbocycles. The second-order valence-corrected chi connectivity index (χ2v) is 21.8. The van der Waals surface area contributed by atoms with Crippen molar-refractivity contribution in [2.45, 2.75) is 90.6 Å². The fourth-order valence-corrected chi connectivity index (χ4v) is 6.06. The maximum Gasteiger partial charge on any atom is 0.373 e. The number of hydrogen-bond donors (Lipinski definition) is 0. The summed E-state index contributed by atoms with van der Waals surface area (Å²) in [5.74, 6) is -1.29. The van der Waals surface area contributed by atoms with Gasteiger partial charge in [0.1, 0.15) is 0 Å². The molecular formula is C30H44O6Si2. The molecule has 0 spiro atoms. The van der Waals surface area contributed by atoms with Gasteiger partial charge in [-0.05, 0) is 30.7 Å². The lowest BCUT2D eigenvalue weighted by molar-refractivity contribution is -0.363. The Morgan fingerprint density at radius 1 is 0.579 bits per heavy atom. The molecule has 6 nitrogen and oxygen atoms in total. The molecule has 0 saturated heterocycles. The average molecular weight is 557 g/mol. The van der Waals surface area contributed by atoms with E-state index < -0.39 is 28.1 Å². The largest absolute Gasteiger partial charge is 0.373 e. The van der Waals surface area contributed by atoms with Gasteiger partial charge in [0.25, 0.3) is 0 Å². The molecule has 2 radical (unpaired) electrons. The Balaban J connectivity index is 1.94. The van der Waals surface area contributed by atoms with Gasteiger partial charge in [-0.25, -0.2) is 9.59 Å². The van der Waals surface area contributed by atoms with Gasteiger partial charge in [0, 0.05) is 6.42 Å². The highest BCUT2D eigenvalue weighted by Gasteiger charge is 2.23. The van der Waals surface area contributed by atoms with Crippen molar-refractivity contribution >= 4 is 38.5 Å². The smallest absolute Gasteiger partial charge is 0.289 e. The van der Waals surface area contributed by atoms with Crippen LogP contribution in [0.15, 0.2) is 48.5 Å². The highest BCUT2D eigenvalue weighted by atomic mass is 28.3. The summed E-state index contributed by atoms with van der Waals surface area (Å²) in [5, 5.41) is 2.48. The van der Waals surface area contributed by atoms with Crippen LogP contribution in [0.5, 0.6) is 0 Å². The highest BCUT2D eigenvalue weighted by Crippen LogP contribution is 2.19. The molecule has 0 saturated carbocycles. The maximum atomic E-state index is 12.5. The van der Waals surface area contributed by atoms with E-state index in [9.17, 15) is 9.59 Å². The average Bonchev–Trinajstić information content (AvgIpc) is 2.88. The van der Waals surface area contributed by atoms with Crippen LogP contribution in [-0.4, -0.2) is 28.1 Å². The summed E-state index contributed by atoms with van der Waals surface area (Å²) < 4.78 is 0. The summed E-state index contributed by atoms with van der Waals surface area (Å²) in [6.07, 6.45) is 7.41. The molecule has 0 aromatic heterocycles. The summed E-state index contributed by atoms with van der Waals surface area (Å²) >= 11 is 0. The van der Waals surface area contributed by atoms with Crippen molar-refractivity contribution in [2.75, 3.05) is 0 Å². The fourth-order valence-electron chi connectivity index (χ4n) is 3.73. The van der Waals surface area contributed by atoms with Gasteiger partial charge in [-0.3, -0.25) is 9.78 Å². The standard InChI is InChI=1S/C30H44O6Si2/c1-8-9-10-11-12-13-14-15-28(33-35-29(31)24-16-20-26(21-17-24)37(2,3)4)34-36-30(32)25-18-22-27(23-19-25)38(5,6)7/h16-23H,1,8-15H2,2-7H3. The molecule has 0 heterocycles. The van der Waals surface area contributed by atoms with Crippen molar-refractivity contribution < 1.29 is 29.1 Å². The molecule has 0 atom stereocenters. The van der Waals surface area contributed by atoms with Crippen molar-refractivity contribution in [3.8, 4) is 0 Å². The van der Waals surface area contributed by atoms with E-state index in [4.69, 9.17) is 19.6 Å². The molecule has 0 aliphatic carbocycles. The van der Waals surface area contributed by atoms with Crippen molar-refractivity contribution in [2.24, 2.45) is 0 Å². The van der Waals surface area contributed by atoms with E-state index in [2.05, 4.69) is 46.2 Å². The lowest BCUT2D eigenvalue weighted by Gasteiger charge is -2.17. The Kier molecular flexibility index (Phi) is 12.9. The lowest BCUT2D eigenvalue weighted by atomic mass is 10.1. The summed E-state index contributed by atoms with van der Waals surface area (Å²) in [6.45, 7) is 17.3. The zero-order valence-corrected chi connectivity index (χ0v) is 25.9. The van der Waals surface area contributed by atoms with Crippen molar-refractivity contribution in [3.63, 3.8) is 0 Å². The zero-order valence-electron chi connectivity index (χ0n) is 23.9. The van der Waals surface area contributed by atoms with Gasteiger partial charge in [0.15, 0.2) is 0 Å². The third kappa shape index (κ3) is 11.2. The lowest BCUT2D eigenvalue weighted by Crippen LogP contribution is -2.37. The predicted molar refractivity (Wildman–Crippen MR) is 157 cm³/mol. The third-order valence-corrected chi connectivity index (χ3v) is 10.4. The van der Waals surface area contributed by atoms with E-state index in [-0.39, 0.29) is 6.29 Å². The first-order chi connectivity index (χ1) is 17.9. The van der Waals surface area contributed by atoms with E-state index in [1.807, 2.05) is 24.3 Å². The first-order valence-electron chi connectivity index (χ1n) is 13.6. The molecule has 0 aliphatic heterocycles. The minimum absolute atomic E-state index is 0.0677. The van der Waals surface area contributed by atoms with Crippen LogP contribution in [-0.2, 0) is 19.6 Å². The minimum atomic E-state index is -1.48. The molecule has 0 fully saturated rings. The highest BCUT2D eigenvalue weighted by molar-refractivity contribution is 6.89. The molecule has 0 unspecified atom stereocenters. The number of hydrogen-bond acceptors (Lipinski definition) is 6. The van der Waals surface area contributed by atoms with Crippen molar-refractivity contribution in [1.29, 1.82) is 0 Å². The maximum absolute atomic E-state index is 12.5. The monoisotopic (exact) mass is 556 g/mol. The summed E-state index contributed by atoms with van der Waals surface area (Å²) in [6, 6.07) is 14.7. The van der Waals surface area contributed by atoms with Crippen LogP contribution in [0.2, 0.25) is 39.3 Å². The number of unbranched alkanes of at least 4 members (excludes halogenated alkanes) is 6. The minimum Gasteiger partial charge on any atom is -0.289 e. The van der Waals surface area contributed by atoms with Gasteiger partial charge in [-0.1, -0.05) is 119 Å². The van der Waals surface area contributed by atoms with Crippen LogP contribution in [0, 0.1) is 13.2 Å². The van der Waals surface area contributed by atoms with E-state index in [1.54, 1.807) is 24.3 Å². The molecular weight excluding hydrogens is 512 g/mol. The second kappa shape index (κ2) is 15.4. The van der Waals surface area contributed by atoms with Gasteiger partial charge >= 0.3 is 18.2 Å². The summed E-state index contributed by atoms with van der Waals surface area (Å²) in [5.41, 5.74) is 0.743. The number of carbonyl (C=O) groups excluding carboxylic acids is 2. The van der Waals surface area contributed by atoms with Gasteiger partial charge in [-0.2, -0.15) is 0 Å². The Labute approximate surface area is 230 Å². The normalized spacial score (nSPS) is 12.0. The molecule has 2 aromatic rings. The Morgan fingerprint density at radius 3 is 1.32 bits per heavy atom. The van der Waals surface area contributed by atoms with Crippen LogP contribution in [0.1, 0.15) is 72.1 Å². The summed E-state index contributed by atoms with van der Waals surface area (Å²) in [4.78, 5) is 45.6. The molecule has 38 heavy (non-hydrogen) atoms. The zero-order chi connectivity index (χ0) is 28.2. The number of rotatable bonds is 16. The van der Waals surface area contributed by atoms with E-state index in [0.717, 1.165) is 44.9 Å². The van der Waals surface area contributed by atoms with Gasteiger partial charge in [0.2, 0.25) is 0 Å². The van der Waals surface area contributed by atoms with Crippen LogP contribution in [0.4, 0.5) is 0 Å². The van der Waals surface area contributed by atoms with Crippen LogP contribution in [0.25, 0.3) is 0 Å². The summed E-state index contributed by atoms with van der Waals surface area (Å²) in [7, 11) is -2.95. The Bertz CT molecular complexity index is 918. The Hall–Kier alpha value is -2.27. The SMILES string of the molecule is [CH2]CCCCCCCC[C](OOC(=O)c1ccc([Si](C)(C)C)cc1)OOC(=O)c1ccc([Si](C)(C)C)cc1. The number of benzene rings is 2. The molecule has 0 amide bonds. The molecule has 208 valence electrons. The van der Waals surface area contributed by atoms with E-state index in [1.165, 1.54) is 10.4 Å². The van der Waals surface area contributed by atoms with Gasteiger partial charge in [-0.15, -0.1) is 9.78 Å². The first-order valence-corrected chi connectivity index (χ1v) is 20.6. The van der Waals surface area contributed by atoms with E-state index >= 15 is 0 Å². The molecule has 0 N–H and O–H groups in total. The van der Waals surface area contributed by atoms with Crippen molar-refractivity contribution in [3.05, 3.63) is 72.9 Å². The van der Waals surface area contributed by atoms with Crippen molar-refractivity contribution in [1.82, 2.24) is 0 Å². The molecule has 8 heteroatoms. The van der Waals surface area contributed by atoms with Gasteiger partial charge < -0.3 is 0 Å². The first kappa shape index (κ1) is 31.9. The molecule has 2 rings (SSSR count). The molecule has 0 bridgehead atoms. The predicted octanol–water partition coefficient (Wildman–Crippen LogP) is 7.10. The fraction of sp³-hybridized carbons (Fsp3) is 0.467. The topological polar surface area (TPSA) is 71.1 Å². The second-order valence-electron chi connectivity index (χ2n) is 11.7.